The minimum absolute atomic E-state index is 0.710. The Morgan fingerprint density at radius 3 is 3.00 bits per heavy atom. The third-order valence-corrected chi connectivity index (χ3v) is 3.41. The summed E-state index contributed by atoms with van der Waals surface area (Å²) in [4.78, 5) is 0. The van der Waals surface area contributed by atoms with Crippen molar-refractivity contribution in [3.05, 3.63) is 28.2 Å². The lowest BCUT2D eigenvalue weighted by atomic mass is 10.2. The molecule has 0 saturated carbocycles. The largest absolute Gasteiger partial charge is 0.489 e. The Labute approximate surface area is 123 Å². The van der Waals surface area contributed by atoms with E-state index in [-0.39, 0.29) is 0 Å². The molecule has 0 aliphatic carbocycles. The molecule has 0 aromatic heterocycles. The topological polar surface area (TPSA) is 30.5 Å². The zero-order valence-electron chi connectivity index (χ0n) is 11.2. The standard InChI is InChI=1S/C15H20BrNO2/c1-2-6-17-7-3-5-12-10-13(16)15-14(11-12)18-8-4-9-19-15/h3,5,10-11,17H,2,4,6-9H2,1H3. The zero-order valence-corrected chi connectivity index (χ0v) is 12.8. The highest BCUT2D eigenvalue weighted by molar-refractivity contribution is 9.10. The summed E-state index contributed by atoms with van der Waals surface area (Å²) in [5.41, 5.74) is 1.12. The average molecular weight is 326 g/mol. The molecule has 3 nitrogen and oxygen atoms in total. The summed E-state index contributed by atoms with van der Waals surface area (Å²) < 4.78 is 12.3. The molecule has 2 rings (SSSR count). The maximum atomic E-state index is 5.71. The Kier molecular flexibility index (Phi) is 5.73. The van der Waals surface area contributed by atoms with Crippen molar-refractivity contribution in [1.82, 2.24) is 5.32 Å². The Hall–Kier alpha value is -1.00. The molecule has 104 valence electrons. The fourth-order valence-electron chi connectivity index (χ4n) is 1.90. The number of benzene rings is 1. The van der Waals surface area contributed by atoms with Crippen LogP contribution in [0.5, 0.6) is 11.5 Å². The summed E-state index contributed by atoms with van der Waals surface area (Å²) in [7, 11) is 0. The van der Waals surface area contributed by atoms with E-state index >= 15 is 0 Å². The molecular formula is C15H20BrNO2. The first-order valence-electron chi connectivity index (χ1n) is 6.77. The number of nitrogens with one attached hydrogen (secondary N) is 1. The fourth-order valence-corrected chi connectivity index (χ4v) is 2.48. The second kappa shape index (κ2) is 7.56. The molecule has 1 heterocycles. The SMILES string of the molecule is CCCNCC=Cc1cc(Br)c2c(c1)OCCCO2. The first kappa shape index (κ1) is 14.4. The van der Waals surface area contributed by atoms with Gasteiger partial charge in [-0.1, -0.05) is 19.1 Å². The molecule has 0 spiro atoms. The van der Waals surface area contributed by atoms with Gasteiger partial charge in [0.05, 0.1) is 17.7 Å². The van der Waals surface area contributed by atoms with Crippen LogP contribution < -0.4 is 14.8 Å². The third-order valence-electron chi connectivity index (χ3n) is 2.82. The first-order valence-corrected chi connectivity index (χ1v) is 7.57. The number of hydrogen-bond acceptors (Lipinski definition) is 3. The predicted octanol–water partition coefficient (Wildman–Crippen LogP) is 3.62. The van der Waals surface area contributed by atoms with Crippen molar-refractivity contribution in [2.24, 2.45) is 0 Å². The number of fused-ring (bicyclic) bond motifs is 1. The summed E-state index contributed by atoms with van der Waals surface area (Å²) >= 11 is 3.55. The Balaban J connectivity index is 2.06. The van der Waals surface area contributed by atoms with E-state index in [4.69, 9.17) is 9.47 Å². The lowest BCUT2D eigenvalue weighted by Crippen LogP contribution is -2.13. The summed E-state index contributed by atoms with van der Waals surface area (Å²) in [5, 5.41) is 3.34. The van der Waals surface area contributed by atoms with Crippen LogP contribution in [-0.4, -0.2) is 26.3 Å². The van der Waals surface area contributed by atoms with Crippen LogP contribution in [-0.2, 0) is 0 Å². The summed E-state index contributed by atoms with van der Waals surface area (Å²) in [6.07, 6.45) is 6.31. The molecule has 4 heteroatoms. The Bertz CT molecular complexity index is 446. The van der Waals surface area contributed by atoms with Crippen LogP contribution in [0.15, 0.2) is 22.7 Å². The molecule has 1 aromatic rings. The van der Waals surface area contributed by atoms with E-state index in [0.29, 0.717) is 13.2 Å². The van der Waals surface area contributed by atoms with Gasteiger partial charge >= 0.3 is 0 Å². The van der Waals surface area contributed by atoms with E-state index in [9.17, 15) is 0 Å². The normalized spacial score (nSPS) is 14.6. The number of hydrogen-bond donors (Lipinski definition) is 1. The van der Waals surface area contributed by atoms with E-state index in [1.54, 1.807) is 0 Å². The van der Waals surface area contributed by atoms with Gasteiger partial charge in [0.15, 0.2) is 11.5 Å². The van der Waals surface area contributed by atoms with Gasteiger partial charge in [0, 0.05) is 13.0 Å². The van der Waals surface area contributed by atoms with Gasteiger partial charge in [-0.15, -0.1) is 0 Å². The molecule has 1 aliphatic rings. The minimum Gasteiger partial charge on any atom is -0.489 e. The molecule has 1 aromatic carbocycles. The first-order chi connectivity index (χ1) is 9.31. The van der Waals surface area contributed by atoms with E-state index < -0.39 is 0 Å². The van der Waals surface area contributed by atoms with Gasteiger partial charge < -0.3 is 14.8 Å². The molecule has 1 aliphatic heterocycles. The minimum atomic E-state index is 0.710. The van der Waals surface area contributed by atoms with E-state index in [1.807, 2.05) is 6.07 Å². The van der Waals surface area contributed by atoms with Crippen LogP contribution in [0, 0.1) is 0 Å². The molecule has 0 amide bonds. The molecule has 0 radical (unpaired) electrons. The van der Waals surface area contributed by atoms with Crippen molar-refractivity contribution in [3.8, 4) is 11.5 Å². The highest BCUT2D eigenvalue weighted by Gasteiger charge is 2.14. The zero-order chi connectivity index (χ0) is 13.5. The molecule has 0 atom stereocenters. The second-order valence-electron chi connectivity index (χ2n) is 4.49. The van der Waals surface area contributed by atoms with Crippen molar-refractivity contribution in [2.75, 3.05) is 26.3 Å². The van der Waals surface area contributed by atoms with Crippen molar-refractivity contribution < 1.29 is 9.47 Å². The molecule has 0 unspecified atom stereocenters. The van der Waals surface area contributed by atoms with Gasteiger partial charge in [0.2, 0.25) is 0 Å². The predicted molar refractivity (Wildman–Crippen MR) is 81.9 cm³/mol. The van der Waals surface area contributed by atoms with Crippen LogP contribution in [0.25, 0.3) is 6.08 Å². The van der Waals surface area contributed by atoms with Crippen LogP contribution in [0.4, 0.5) is 0 Å². The lowest BCUT2D eigenvalue weighted by molar-refractivity contribution is 0.296. The third kappa shape index (κ3) is 4.25. The van der Waals surface area contributed by atoms with Crippen LogP contribution >= 0.6 is 15.9 Å². The quantitative estimate of drug-likeness (QED) is 0.839. The van der Waals surface area contributed by atoms with E-state index in [2.05, 4.69) is 46.4 Å². The summed E-state index contributed by atoms with van der Waals surface area (Å²) in [6, 6.07) is 4.09. The van der Waals surface area contributed by atoms with Crippen molar-refractivity contribution in [2.45, 2.75) is 19.8 Å². The van der Waals surface area contributed by atoms with Gasteiger partial charge in [-0.25, -0.2) is 0 Å². The maximum Gasteiger partial charge on any atom is 0.175 e. The number of ether oxygens (including phenoxy) is 2. The van der Waals surface area contributed by atoms with Gasteiger partial charge in [0.25, 0.3) is 0 Å². The highest BCUT2D eigenvalue weighted by atomic mass is 79.9. The highest BCUT2D eigenvalue weighted by Crippen LogP contribution is 2.38. The average Bonchev–Trinajstić information content (AvgIpc) is 2.64. The molecule has 0 bridgehead atoms. The monoisotopic (exact) mass is 325 g/mol. The molecule has 0 saturated heterocycles. The molecule has 1 N–H and O–H groups in total. The molecule has 0 fully saturated rings. The molecule has 19 heavy (non-hydrogen) atoms. The Morgan fingerprint density at radius 2 is 2.16 bits per heavy atom. The van der Waals surface area contributed by atoms with Gasteiger partial charge in [-0.3, -0.25) is 0 Å². The summed E-state index contributed by atoms with van der Waals surface area (Å²) in [6.45, 7) is 5.53. The van der Waals surface area contributed by atoms with Crippen LogP contribution in [0.2, 0.25) is 0 Å². The second-order valence-corrected chi connectivity index (χ2v) is 5.34. The van der Waals surface area contributed by atoms with Crippen LogP contribution in [0.1, 0.15) is 25.3 Å². The van der Waals surface area contributed by atoms with E-state index in [0.717, 1.165) is 47.5 Å². The van der Waals surface area contributed by atoms with Crippen molar-refractivity contribution in [1.29, 1.82) is 0 Å². The number of halogens is 1. The fraction of sp³-hybridized carbons (Fsp3) is 0.467. The lowest BCUT2D eigenvalue weighted by Gasteiger charge is -2.10. The number of rotatable bonds is 5. The molecular weight excluding hydrogens is 306 g/mol. The summed E-state index contributed by atoms with van der Waals surface area (Å²) in [5.74, 6) is 1.65. The van der Waals surface area contributed by atoms with Crippen molar-refractivity contribution >= 4 is 22.0 Å². The van der Waals surface area contributed by atoms with E-state index in [1.165, 1.54) is 0 Å². The smallest absolute Gasteiger partial charge is 0.175 e. The van der Waals surface area contributed by atoms with Gasteiger partial charge in [0.1, 0.15) is 0 Å². The van der Waals surface area contributed by atoms with Gasteiger partial charge in [-0.05, 0) is 46.6 Å². The maximum absolute atomic E-state index is 5.71. The van der Waals surface area contributed by atoms with Gasteiger partial charge in [-0.2, -0.15) is 0 Å². The Morgan fingerprint density at radius 1 is 1.32 bits per heavy atom. The van der Waals surface area contributed by atoms with Crippen molar-refractivity contribution in [3.63, 3.8) is 0 Å². The van der Waals surface area contributed by atoms with Crippen LogP contribution in [0.3, 0.4) is 0 Å².